The molecule has 5 rings (SSSR count). The Balaban J connectivity index is 1.59. The molecule has 0 bridgehead atoms. The fourth-order valence-corrected chi connectivity index (χ4v) is 3.39. The summed E-state index contributed by atoms with van der Waals surface area (Å²) in [6, 6.07) is 20.8. The number of ketones is 2. The molecule has 1 aliphatic rings. The van der Waals surface area contributed by atoms with Gasteiger partial charge >= 0.3 is 0 Å². The van der Waals surface area contributed by atoms with Crippen LogP contribution in [0, 0.1) is 0 Å². The van der Waals surface area contributed by atoms with Crippen LogP contribution in [0.4, 0.5) is 5.69 Å². The molecule has 3 aromatic carbocycles. The Morgan fingerprint density at radius 2 is 1.46 bits per heavy atom. The molecule has 4 nitrogen and oxygen atoms in total. The van der Waals surface area contributed by atoms with Crippen LogP contribution in [0.25, 0.3) is 27.6 Å². The number of hydrogen-bond acceptors (Lipinski definition) is 4. The van der Waals surface area contributed by atoms with Crippen molar-refractivity contribution in [2.24, 2.45) is 0 Å². The molecule has 4 heteroatoms. The minimum Gasteiger partial charge on any atom is -0.456 e. The molecule has 1 N–H and O–H groups in total. The van der Waals surface area contributed by atoms with Crippen LogP contribution in [0.1, 0.15) is 15.9 Å². The first-order valence-electron chi connectivity index (χ1n) is 8.29. The third-order valence-corrected chi connectivity index (χ3v) is 4.62. The zero-order valence-corrected chi connectivity index (χ0v) is 13.7. The van der Waals surface area contributed by atoms with E-state index in [4.69, 9.17) is 4.42 Å². The Hall–Kier alpha value is -3.66. The summed E-state index contributed by atoms with van der Waals surface area (Å²) in [7, 11) is 0. The lowest BCUT2D eigenvalue weighted by atomic mass is 9.92. The Bertz CT molecular complexity index is 1250. The van der Waals surface area contributed by atoms with Gasteiger partial charge in [0.05, 0.1) is 5.70 Å². The summed E-state index contributed by atoms with van der Waals surface area (Å²) in [5.41, 5.74) is 4.15. The molecule has 4 aromatic rings. The number of para-hydroxylation sites is 1. The van der Waals surface area contributed by atoms with Crippen LogP contribution in [0.5, 0.6) is 0 Å². The lowest BCUT2D eigenvalue weighted by molar-refractivity contribution is -0.111. The Labute approximate surface area is 148 Å². The largest absolute Gasteiger partial charge is 0.456 e. The monoisotopic (exact) mass is 339 g/mol. The van der Waals surface area contributed by atoms with E-state index in [9.17, 15) is 9.59 Å². The maximum atomic E-state index is 12.1. The number of nitrogens with one attached hydrogen (secondary N) is 1. The zero-order valence-electron chi connectivity index (χ0n) is 13.7. The molecule has 0 radical (unpaired) electrons. The zero-order chi connectivity index (χ0) is 17.7. The van der Waals surface area contributed by atoms with Crippen molar-refractivity contribution in [2.45, 2.75) is 0 Å². The van der Waals surface area contributed by atoms with E-state index < -0.39 is 11.6 Å². The highest BCUT2D eigenvalue weighted by molar-refractivity contribution is 6.50. The van der Waals surface area contributed by atoms with E-state index in [1.54, 1.807) is 12.1 Å². The molecule has 0 spiro atoms. The topological polar surface area (TPSA) is 59.3 Å². The predicted octanol–water partition coefficient (Wildman–Crippen LogP) is 4.80. The fourth-order valence-electron chi connectivity index (χ4n) is 3.39. The Kier molecular flexibility index (Phi) is 3.06. The summed E-state index contributed by atoms with van der Waals surface area (Å²) in [5, 5.41) is 5.36. The number of carbonyl (C=O) groups excluding carboxylic acids is 2. The molecule has 0 saturated heterocycles. The molecule has 0 saturated carbocycles. The van der Waals surface area contributed by atoms with Gasteiger partial charge in [-0.15, -0.1) is 0 Å². The highest BCUT2D eigenvalue weighted by atomic mass is 16.3. The van der Waals surface area contributed by atoms with E-state index >= 15 is 0 Å². The van der Waals surface area contributed by atoms with Crippen molar-refractivity contribution in [1.29, 1.82) is 0 Å². The molecule has 124 valence electrons. The SMILES string of the molecule is O=C1C=C(Nc2ccc3c(c2)oc2ccccc23)c2ccccc2C1=O. The van der Waals surface area contributed by atoms with Crippen molar-refractivity contribution in [2.75, 3.05) is 5.32 Å². The number of hydrogen-bond donors (Lipinski definition) is 1. The van der Waals surface area contributed by atoms with Crippen LogP contribution >= 0.6 is 0 Å². The second-order valence-electron chi connectivity index (χ2n) is 6.23. The van der Waals surface area contributed by atoms with Gasteiger partial charge in [0.25, 0.3) is 0 Å². The average molecular weight is 339 g/mol. The van der Waals surface area contributed by atoms with Gasteiger partial charge in [-0.2, -0.15) is 0 Å². The number of Topliss-reactive ketones (excluding diaryl/α,β-unsaturated/α-hetero) is 1. The minimum atomic E-state index is -0.518. The van der Waals surface area contributed by atoms with Crippen molar-refractivity contribution in [1.82, 2.24) is 0 Å². The van der Waals surface area contributed by atoms with E-state index in [-0.39, 0.29) is 0 Å². The number of benzene rings is 3. The lowest BCUT2D eigenvalue weighted by Gasteiger charge is -2.17. The number of allylic oxidation sites excluding steroid dienone is 1. The molecule has 1 aliphatic carbocycles. The maximum absolute atomic E-state index is 12.1. The van der Waals surface area contributed by atoms with E-state index in [0.29, 0.717) is 11.3 Å². The molecule has 1 aromatic heterocycles. The number of fused-ring (bicyclic) bond motifs is 4. The number of furan rings is 1. The normalized spacial score (nSPS) is 13.8. The van der Waals surface area contributed by atoms with Gasteiger partial charge in [-0.1, -0.05) is 42.5 Å². The average Bonchev–Trinajstić information content (AvgIpc) is 3.03. The van der Waals surface area contributed by atoms with Crippen LogP contribution < -0.4 is 5.32 Å². The third-order valence-electron chi connectivity index (χ3n) is 4.62. The summed E-state index contributed by atoms with van der Waals surface area (Å²) >= 11 is 0. The van der Waals surface area contributed by atoms with Gasteiger partial charge in [-0.05, 0) is 18.2 Å². The van der Waals surface area contributed by atoms with E-state index in [2.05, 4.69) is 5.32 Å². The van der Waals surface area contributed by atoms with Gasteiger partial charge in [0.2, 0.25) is 11.6 Å². The van der Waals surface area contributed by atoms with Gasteiger partial charge in [-0.3, -0.25) is 9.59 Å². The first kappa shape index (κ1) is 14.7. The Morgan fingerprint density at radius 1 is 0.731 bits per heavy atom. The molecule has 0 unspecified atom stereocenters. The smallest absolute Gasteiger partial charge is 0.233 e. The second kappa shape index (κ2) is 5.43. The first-order valence-corrected chi connectivity index (χ1v) is 8.29. The minimum absolute atomic E-state index is 0.423. The van der Waals surface area contributed by atoms with Gasteiger partial charge in [0, 0.05) is 39.7 Å². The van der Waals surface area contributed by atoms with Crippen molar-refractivity contribution in [3.05, 3.63) is 83.9 Å². The van der Waals surface area contributed by atoms with Gasteiger partial charge in [0.15, 0.2) is 0 Å². The quantitative estimate of drug-likeness (QED) is 0.533. The summed E-state index contributed by atoms with van der Waals surface area (Å²) < 4.78 is 5.91. The maximum Gasteiger partial charge on any atom is 0.233 e. The van der Waals surface area contributed by atoms with Crippen molar-refractivity contribution >= 4 is 44.9 Å². The van der Waals surface area contributed by atoms with Gasteiger partial charge in [-0.25, -0.2) is 0 Å². The first-order chi connectivity index (χ1) is 12.7. The summed E-state index contributed by atoms with van der Waals surface area (Å²) in [6.07, 6.45) is 1.35. The molecule has 1 heterocycles. The molecular weight excluding hydrogens is 326 g/mol. The standard InChI is InChI=1S/C22H13NO3/c24-19-12-18(14-5-1-2-7-17(14)22(19)25)23-13-9-10-16-15-6-3-4-8-20(15)26-21(16)11-13/h1-12,23H. The number of rotatable bonds is 2. The molecule has 0 fully saturated rings. The van der Waals surface area contributed by atoms with Crippen molar-refractivity contribution in [3.8, 4) is 0 Å². The summed E-state index contributed by atoms with van der Waals surface area (Å²) in [6.45, 7) is 0. The molecule has 26 heavy (non-hydrogen) atoms. The summed E-state index contributed by atoms with van der Waals surface area (Å²) in [5.74, 6) is -0.991. The highest BCUT2D eigenvalue weighted by Crippen LogP contribution is 2.32. The van der Waals surface area contributed by atoms with Crippen LogP contribution in [0.2, 0.25) is 0 Å². The van der Waals surface area contributed by atoms with Gasteiger partial charge < -0.3 is 9.73 Å². The number of carbonyl (C=O) groups is 2. The fraction of sp³-hybridized carbons (Fsp3) is 0. The van der Waals surface area contributed by atoms with Crippen LogP contribution in [0.15, 0.2) is 77.2 Å². The number of anilines is 1. The highest BCUT2D eigenvalue weighted by Gasteiger charge is 2.25. The van der Waals surface area contributed by atoms with E-state index in [1.807, 2.05) is 54.6 Å². The van der Waals surface area contributed by atoms with Gasteiger partial charge in [0.1, 0.15) is 11.2 Å². The predicted molar refractivity (Wildman–Crippen MR) is 101 cm³/mol. The summed E-state index contributed by atoms with van der Waals surface area (Å²) in [4.78, 5) is 24.1. The Morgan fingerprint density at radius 3 is 2.35 bits per heavy atom. The van der Waals surface area contributed by atoms with E-state index in [0.717, 1.165) is 33.2 Å². The molecular formula is C22H13NO3. The molecule has 0 atom stereocenters. The molecule has 0 amide bonds. The lowest BCUT2D eigenvalue weighted by Crippen LogP contribution is -2.20. The van der Waals surface area contributed by atoms with Crippen LogP contribution in [0.3, 0.4) is 0 Å². The third kappa shape index (κ3) is 2.16. The van der Waals surface area contributed by atoms with Crippen molar-refractivity contribution < 1.29 is 14.0 Å². The molecule has 0 aliphatic heterocycles. The van der Waals surface area contributed by atoms with Crippen molar-refractivity contribution in [3.63, 3.8) is 0 Å². The van der Waals surface area contributed by atoms with Crippen LogP contribution in [-0.2, 0) is 4.79 Å². The van der Waals surface area contributed by atoms with E-state index in [1.165, 1.54) is 6.08 Å². The van der Waals surface area contributed by atoms with Crippen LogP contribution in [-0.4, -0.2) is 11.6 Å². The second-order valence-corrected chi connectivity index (χ2v) is 6.23.